The molecule has 0 bridgehead atoms. The number of nitrogens with zero attached hydrogens (tertiary/aromatic N) is 1. The molecule has 0 radical (unpaired) electrons. The Balaban J connectivity index is 2.88. The number of hydrogen-bond acceptors (Lipinski definition) is 5. The van der Waals surface area contributed by atoms with Crippen molar-refractivity contribution < 1.29 is 23.8 Å². The molecule has 0 spiro atoms. The van der Waals surface area contributed by atoms with Crippen molar-refractivity contribution in [3.8, 4) is 0 Å². The van der Waals surface area contributed by atoms with Crippen LogP contribution >= 0.6 is 0 Å². The van der Waals surface area contributed by atoms with E-state index in [1.807, 2.05) is 0 Å². The van der Waals surface area contributed by atoms with Gasteiger partial charge in [0.05, 0.1) is 19.8 Å². The van der Waals surface area contributed by atoms with E-state index in [1.165, 1.54) is 18.1 Å². The maximum Gasteiger partial charge on any atom is 0.413 e. The van der Waals surface area contributed by atoms with Crippen LogP contribution in [0.4, 0.5) is 4.79 Å². The van der Waals surface area contributed by atoms with Gasteiger partial charge in [0.2, 0.25) is 0 Å². The first-order valence-electron chi connectivity index (χ1n) is 6.49. The van der Waals surface area contributed by atoms with Crippen molar-refractivity contribution in [1.29, 1.82) is 0 Å². The Morgan fingerprint density at radius 2 is 1.95 bits per heavy atom. The average Bonchev–Trinajstić information content (AvgIpc) is 2.59. The van der Waals surface area contributed by atoms with E-state index in [1.54, 1.807) is 40.7 Å². The molecule has 1 heterocycles. The molecule has 0 N–H and O–H groups in total. The minimum absolute atomic E-state index is 0.305. The van der Waals surface area contributed by atoms with Crippen LogP contribution in [0.15, 0.2) is 12.2 Å². The van der Waals surface area contributed by atoms with E-state index in [0.717, 1.165) is 0 Å². The van der Waals surface area contributed by atoms with Crippen molar-refractivity contribution in [3.63, 3.8) is 0 Å². The van der Waals surface area contributed by atoms with E-state index < -0.39 is 23.4 Å². The molecule has 0 saturated carbocycles. The molecule has 1 aliphatic rings. The number of carbonyl (C=O) groups excluding carboxylic acids is 2. The Hall–Kier alpha value is -1.56. The topological polar surface area (TPSA) is 65.1 Å². The maximum absolute atomic E-state index is 12.3. The summed E-state index contributed by atoms with van der Waals surface area (Å²) in [6.45, 7) is 9.27. The molecule has 1 saturated heterocycles. The van der Waals surface area contributed by atoms with Crippen molar-refractivity contribution in [2.45, 2.75) is 52.0 Å². The molecule has 1 fully saturated rings. The number of rotatable bonds is 2. The summed E-state index contributed by atoms with van der Waals surface area (Å²) in [5.41, 5.74) is -1.38. The van der Waals surface area contributed by atoms with E-state index in [0.29, 0.717) is 6.61 Å². The number of amides is 1. The van der Waals surface area contributed by atoms with Gasteiger partial charge in [-0.1, -0.05) is 6.08 Å². The van der Waals surface area contributed by atoms with Crippen LogP contribution in [0.5, 0.6) is 0 Å². The molecule has 1 aliphatic heterocycles. The number of hydrogen-bond donors (Lipinski definition) is 0. The van der Waals surface area contributed by atoms with Crippen LogP contribution in [0.2, 0.25) is 0 Å². The Bertz CT molecular complexity index is 408. The van der Waals surface area contributed by atoms with Gasteiger partial charge >= 0.3 is 12.1 Å². The highest BCUT2D eigenvalue weighted by Gasteiger charge is 2.44. The standard InChI is InChI=1S/C14H23NO5/c1-13(2,3)20-12(17)15-10(7-8-11(16)18-6)9-19-14(15,4)5/h7-8,10H,9H2,1-6H3/b8-7+/t10-/m0/s1. The first-order chi connectivity index (χ1) is 9.07. The van der Waals surface area contributed by atoms with Gasteiger partial charge in [0.15, 0.2) is 0 Å². The fourth-order valence-corrected chi connectivity index (χ4v) is 1.90. The summed E-state index contributed by atoms with van der Waals surface area (Å²) in [6.07, 6.45) is 2.40. The van der Waals surface area contributed by atoms with Gasteiger partial charge in [-0.05, 0) is 34.6 Å². The molecule has 0 aliphatic carbocycles. The van der Waals surface area contributed by atoms with E-state index in [9.17, 15) is 9.59 Å². The van der Waals surface area contributed by atoms with Crippen LogP contribution in [0, 0.1) is 0 Å². The van der Waals surface area contributed by atoms with Gasteiger partial charge in [0.1, 0.15) is 11.3 Å². The number of carbonyl (C=O) groups is 2. The van der Waals surface area contributed by atoms with Gasteiger partial charge < -0.3 is 14.2 Å². The minimum Gasteiger partial charge on any atom is -0.466 e. The normalized spacial score (nSPS) is 22.1. The fraction of sp³-hybridized carbons (Fsp3) is 0.714. The molecule has 1 amide bonds. The number of ether oxygens (including phenoxy) is 3. The van der Waals surface area contributed by atoms with Gasteiger partial charge in [-0.15, -0.1) is 0 Å². The van der Waals surface area contributed by atoms with Crippen LogP contribution < -0.4 is 0 Å². The van der Waals surface area contributed by atoms with E-state index in [-0.39, 0.29) is 6.04 Å². The fourth-order valence-electron chi connectivity index (χ4n) is 1.90. The van der Waals surface area contributed by atoms with Crippen LogP contribution in [0.3, 0.4) is 0 Å². The lowest BCUT2D eigenvalue weighted by Crippen LogP contribution is -2.49. The zero-order chi connectivity index (χ0) is 15.6. The first-order valence-corrected chi connectivity index (χ1v) is 6.49. The van der Waals surface area contributed by atoms with Gasteiger partial charge in [-0.25, -0.2) is 9.59 Å². The summed E-state index contributed by atoms with van der Waals surface area (Å²) in [7, 11) is 1.30. The highest BCUT2D eigenvalue weighted by Crippen LogP contribution is 2.29. The molecule has 20 heavy (non-hydrogen) atoms. The average molecular weight is 285 g/mol. The van der Waals surface area contributed by atoms with Gasteiger partial charge in [0.25, 0.3) is 0 Å². The molecule has 114 valence electrons. The Morgan fingerprint density at radius 3 is 2.45 bits per heavy atom. The van der Waals surface area contributed by atoms with Gasteiger partial charge in [0, 0.05) is 6.08 Å². The summed E-state index contributed by atoms with van der Waals surface area (Å²) in [5, 5.41) is 0. The predicted molar refractivity (Wildman–Crippen MR) is 73.0 cm³/mol. The van der Waals surface area contributed by atoms with Crippen molar-refractivity contribution in [1.82, 2.24) is 4.90 Å². The molecular formula is C14H23NO5. The lowest BCUT2D eigenvalue weighted by atomic mass is 10.2. The van der Waals surface area contributed by atoms with Crippen molar-refractivity contribution in [3.05, 3.63) is 12.2 Å². The Morgan fingerprint density at radius 1 is 1.35 bits per heavy atom. The van der Waals surface area contributed by atoms with E-state index >= 15 is 0 Å². The van der Waals surface area contributed by atoms with Gasteiger partial charge in [-0.3, -0.25) is 4.90 Å². The molecule has 1 atom stereocenters. The largest absolute Gasteiger partial charge is 0.466 e. The number of methoxy groups -OCH3 is 1. The Labute approximate surface area is 119 Å². The van der Waals surface area contributed by atoms with Crippen LogP contribution in [0.1, 0.15) is 34.6 Å². The van der Waals surface area contributed by atoms with Crippen LogP contribution in [-0.2, 0) is 19.0 Å². The summed E-state index contributed by atoms with van der Waals surface area (Å²) in [5.74, 6) is -0.473. The highest BCUT2D eigenvalue weighted by atomic mass is 16.6. The summed E-state index contributed by atoms with van der Waals surface area (Å²) >= 11 is 0. The lowest BCUT2D eigenvalue weighted by molar-refractivity contribution is -0.134. The van der Waals surface area contributed by atoms with E-state index in [4.69, 9.17) is 9.47 Å². The molecular weight excluding hydrogens is 262 g/mol. The first kappa shape index (κ1) is 16.5. The second-order valence-corrected chi connectivity index (χ2v) is 6.06. The quantitative estimate of drug-likeness (QED) is 0.574. The zero-order valence-electron chi connectivity index (χ0n) is 12.9. The van der Waals surface area contributed by atoms with Gasteiger partial charge in [-0.2, -0.15) is 0 Å². The monoisotopic (exact) mass is 285 g/mol. The molecule has 0 aromatic rings. The van der Waals surface area contributed by atoms with Crippen molar-refractivity contribution >= 4 is 12.1 Å². The third kappa shape index (κ3) is 4.23. The van der Waals surface area contributed by atoms with E-state index in [2.05, 4.69) is 4.74 Å². The number of esters is 1. The maximum atomic E-state index is 12.3. The molecule has 0 aromatic heterocycles. The van der Waals surface area contributed by atoms with Crippen LogP contribution in [0.25, 0.3) is 0 Å². The molecule has 0 unspecified atom stereocenters. The zero-order valence-corrected chi connectivity index (χ0v) is 12.9. The lowest BCUT2D eigenvalue weighted by Gasteiger charge is -2.34. The molecule has 6 nitrogen and oxygen atoms in total. The summed E-state index contributed by atoms with van der Waals surface area (Å²) in [6, 6.07) is -0.362. The summed E-state index contributed by atoms with van der Waals surface area (Å²) in [4.78, 5) is 24.9. The summed E-state index contributed by atoms with van der Waals surface area (Å²) < 4.78 is 15.5. The third-order valence-electron chi connectivity index (χ3n) is 2.76. The van der Waals surface area contributed by atoms with Crippen molar-refractivity contribution in [2.24, 2.45) is 0 Å². The highest BCUT2D eigenvalue weighted by molar-refractivity contribution is 5.82. The van der Waals surface area contributed by atoms with Crippen molar-refractivity contribution in [2.75, 3.05) is 13.7 Å². The predicted octanol–water partition coefficient (Wildman–Crippen LogP) is 2.09. The minimum atomic E-state index is -0.784. The molecule has 6 heteroatoms. The van der Waals surface area contributed by atoms with Crippen LogP contribution in [-0.4, -0.2) is 48.0 Å². The SMILES string of the molecule is COC(=O)/C=C/[C@H]1COC(C)(C)N1C(=O)OC(C)(C)C. The second kappa shape index (κ2) is 5.83. The molecule has 0 aromatic carbocycles. The Kier molecular flexibility index (Phi) is 4.81. The molecule has 1 rings (SSSR count). The second-order valence-electron chi connectivity index (χ2n) is 6.06. The smallest absolute Gasteiger partial charge is 0.413 e. The third-order valence-corrected chi connectivity index (χ3v) is 2.76.